The van der Waals surface area contributed by atoms with Crippen molar-refractivity contribution >= 4 is 5.97 Å². The topological polar surface area (TPSA) is 26.3 Å². The number of ether oxygens (including phenoxy) is 1. The summed E-state index contributed by atoms with van der Waals surface area (Å²) < 4.78 is 5.00. The maximum absolute atomic E-state index is 11.6. The molecule has 0 N–H and O–H groups in total. The SMILES string of the molecule is C=CC(C)(CC(=O)OCC)c1ccc(C)cc1. The van der Waals surface area contributed by atoms with Crippen molar-refractivity contribution in [2.45, 2.75) is 32.6 Å². The quantitative estimate of drug-likeness (QED) is 0.574. The van der Waals surface area contributed by atoms with E-state index in [1.807, 2.05) is 51.1 Å². The van der Waals surface area contributed by atoms with E-state index in [-0.39, 0.29) is 11.4 Å². The van der Waals surface area contributed by atoms with Crippen LogP contribution in [0.1, 0.15) is 31.4 Å². The van der Waals surface area contributed by atoms with E-state index in [2.05, 4.69) is 6.58 Å². The van der Waals surface area contributed by atoms with Crippen molar-refractivity contribution in [1.82, 2.24) is 0 Å². The molecule has 0 saturated heterocycles. The lowest BCUT2D eigenvalue weighted by Crippen LogP contribution is -2.24. The molecule has 0 bridgehead atoms. The zero-order valence-corrected chi connectivity index (χ0v) is 10.8. The van der Waals surface area contributed by atoms with E-state index in [0.717, 1.165) is 5.56 Å². The van der Waals surface area contributed by atoms with Gasteiger partial charge in [-0.25, -0.2) is 0 Å². The second kappa shape index (κ2) is 5.67. The summed E-state index contributed by atoms with van der Waals surface area (Å²) in [5.74, 6) is -0.185. The largest absolute Gasteiger partial charge is 0.466 e. The van der Waals surface area contributed by atoms with Gasteiger partial charge in [0.2, 0.25) is 0 Å². The summed E-state index contributed by atoms with van der Waals surface area (Å²) >= 11 is 0. The molecule has 2 nitrogen and oxygen atoms in total. The minimum atomic E-state index is -0.361. The Bertz CT molecular complexity index is 392. The monoisotopic (exact) mass is 232 g/mol. The second-order valence-corrected chi connectivity index (χ2v) is 4.47. The molecule has 0 aliphatic rings. The van der Waals surface area contributed by atoms with Crippen LogP contribution < -0.4 is 0 Å². The van der Waals surface area contributed by atoms with Gasteiger partial charge in [-0.3, -0.25) is 4.79 Å². The van der Waals surface area contributed by atoms with Crippen LogP contribution in [-0.4, -0.2) is 12.6 Å². The third-order valence-electron chi connectivity index (χ3n) is 2.98. The van der Waals surface area contributed by atoms with Crippen LogP contribution in [0.25, 0.3) is 0 Å². The van der Waals surface area contributed by atoms with Crippen LogP contribution >= 0.6 is 0 Å². The highest BCUT2D eigenvalue weighted by atomic mass is 16.5. The number of hydrogen-bond acceptors (Lipinski definition) is 2. The molecule has 0 saturated carbocycles. The predicted molar refractivity (Wildman–Crippen MR) is 70.0 cm³/mol. The van der Waals surface area contributed by atoms with Crippen LogP contribution in [0.15, 0.2) is 36.9 Å². The van der Waals surface area contributed by atoms with Crippen LogP contribution in [-0.2, 0) is 14.9 Å². The normalized spacial score (nSPS) is 13.8. The smallest absolute Gasteiger partial charge is 0.306 e. The van der Waals surface area contributed by atoms with Gasteiger partial charge in [-0.15, -0.1) is 6.58 Å². The van der Waals surface area contributed by atoms with Crippen molar-refractivity contribution in [1.29, 1.82) is 0 Å². The first-order valence-electron chi connectivity index (χ1n) is 5.88. The molecular formula is C15H20O2. The Balaban J connectivity index is 2.91. The fourth-order valence-electron chi connectivity index (χ4n) is 1.74. The van der Waals surface area contributed by atoms with Crippen molar-refractivity contribution in [3.8, 4) is 0 Å². The number of esters is 1. The van der Waals surface area contributed by atoms with Gasteiger partial charge in [0.25, 0.3) is 0 Å². The fourth-order valence-corrected chi connectivity index (χ4v) is 1.74. The van der Waals surface area contributed by atoms with Gasteiger partial charge in [-0.05, 0) is 19.4 Å². The lowest BCUT2D eigenvalue weighted by Gasteiger charge is -2.25. The van der Waals surface area contributed by atoms with E-state index in [9.17, 15) is 4.79 Å². The fraction of sp³-hybridized carbons (Fsp3) is 0.400. The minimum absolute atomic E-state index is 0.185. The number of aryl methyl sites for hydroxylation is 1. The third kappa shape index (κ3) is 3.45. The summed E-state index contributed by atoms with van der Waals surface area (Å²) in [5.41, 5.74) is 1.93. The average Bonchev–Trinajstić information content (AvgIpc) is 2.30. The molecule has 0 radical (unpaired) electrons. The van der Waals surface area contributed by atoms with E-state index in [0.29, 0.717) is 13.0 Å². The van der Waals surface area contributed by atoms with Gasteiger partial charge in [0, 0.05) is 5.41 Å². The first-order chi connectivity index (χ1) is 8.01. The first-order valence-corrected chi connectivity index (χ1v) is 5.88. The van der Waals surface area contributed by atoms with Crippen LogP contribution in [0.3, 0.4) is 0 Å². The van der Waals surface area contributed by atoms with Crippen LogP contribution in [0.2, 0.25) is 0 Å². The highest BCUT2D eigenvalue weighted by molar-refractivity contribution is 5.72. The highest BCUT2D eigenvalue weighted by Crippen LogP contribution is 2.29. The van der Waals surface area contributed by atoms with Gasteiger partial charge in [0.15, 0.2) is 0 Å². The predicted octanol–water partition coefficient (Wildman–Crippen LogP) is 3.39. The van der Waals surface area contributed by atoms with Crippen molar-refractivity contribution in [3.63, 3.8) is 0 Å². The second-order valence-electron chi connectivity index (χ2n) is 4.47. The summed E-state index contributed by atoms with van der Waals surface area (Å²) in [6.45, 7) is 10.1. The number of hydrogen-bond donors (Lipinski definition) is 0. The Labute approximate surface area is 103 Å². The molecule has 17 heavy (non-hydrogen) atoms. The van der Waals surface area contributed by atoms with Crippen LogP contribution in [0.4, 0.5) is 0 Å². The Morgan fingerprint density at radius 2 is 2.00 bits per heavy atom. The Hall–Kier alpha value is -1.57. The molecule has 1 rings (SSSR count). The summed E-state index contributed by atoms with van der Waals surface area (Å²) in [6.07, 6.45) is 2.14. The van der Waals surface area contributed by atoms with Gasteiger partial charge < -0.3 is 4.74 Å². The van der Waals surface area contributed by atoms with Crippen LogP contribution in [0.5, 0.6) is 0 Å². The van der Waals surface area contributed by atoms with E-state index in [1.165, 1.54) is 5.56 Å². The minimum Gasteiger partial charge on any atom is -0.466 e. The molecular weight excluding hydrogens is 212 g/mol. The average molecular weight is 232 g/mol. The van der Waals surface area contributed by atoms with E-state index in [4.69, 9.17) is 4.74 Å². The Kier molecular flexibility index (Phi) is 4.50. The summed E-state index contributed by atoms with van der Waals surface area (Å²) in [5, 5.41) is 0. The van der Waals surface area contributed by atoms with Crippen molar-refractivity contribution in [2.75, 3.05) is 6.61 Å². The van der Waals surface area contributed by atoms with Gasteiger partial charge in [0.1, 0.15) is 0 Å². The maximum Gasteiger partial charge on any atom is 0.306 e. The molecule has 0 heterocycles. The van der Waals surface area contributed by atoms with E-state index in [1.54, 1.807) is 0 Å². The standard InChI is InChI=1S/C15H20O2/c1-5-15(4,11-14(16)17-6-2)13-9-7-12(3)8-10-13/h5,7-10H,1,6,11H2,2-4H3. The zero-order chi connectivity index (χ0) is 12.9. The summed E-state index contributed by atoms with van der Waals surface area (Å²) in [7, 11) is 0. The molecule has 1 aromatic rings. The van der Waals surface area contributed by atoms with Crippen molar-refractivity contribution < 1.29 is 9.53 Å². The molecule has 0 spiro atoms. The molecule has 1 atom stereocenters. The van der Waals surface area contributed by atoms with Gasteiger partial charge >= 0.3 is 5.97 Å². The molecule has 92 valence electrons. The lowest BCUT2D eigenvalue weighted by atomic mass is 9.79. The molecule has 0 aromatic heterocycles. The number of allylic oxidation sites excluding steroid dienone is 1. The molecule has 1 unspecified atom stereocenters. The molecule has 0 aliphatic heterocycles. The zero-order valence-electron chi connectivity index (χ0n) is 10.8. The van der Waals surface area contributed by atoms with Gasteiger partial charge in [-0.1, -0.05) is 42.8 Å². The maximum atomic E-state index is 11.6. The van der Waals surface area contributed by atoms with Gasteiger partial charge in [-0.2, -0.15) is 0 Å². The Morgan fingerprint density at radius 3 is 2.47 bits per heavy atom. The number of benzene rings is 1. The third-order valence-corrected chi connectivity index (χ3v) is 2.98. The molecule has 0 aliphatic carbocycles. The summed E-state index contributed by atoms with van der Waals surface area (Å²) in [4.78, 5) is 11.6. The van der Waals surface area contributed by atoms with Crippen LogP contribution in [0, 0.1) is 6.92 Å². The number of carbonyl (C=O) groups excluding carboxylic acids is 1. The lowest BCUT2D eigenvalue weighted by molar-refractivity contribution is -0.144. The molecule has 0 fully saturated rings. The van der Waals surface area contributed by atoms with Gasteiger partial charge in [0.05, 0.1) is 13.0 Å². The van der Waals surface area contributed by atoms with E-state index >= 15 is 0 Å². The van der Waals surface area contributed by atoms with Crippen molar-refractivity contribution in [2.24, 2.45) is 0 Å². The molecule has 1 aromatic carbocycles. The number of rotatable bonds is 5. The summed E-state index contributed by atoms with van der Waals surface area (Å²) in [6, 6.07) is 8.16. The highest BCUT2D eigenvalue weighted by Gasteiger charge is 2.26. The van der Waals surface area contributed by atoms with E-state index < -0.39 is 0 Å². The number of carbonyl (C=O) groups is 1. The molecule has 2 heteroatoms. The first kappa shape index (κ1) is 13.5. The van der Waals surface area contributed by atoms with Crippen molar-refractivity contribution in [3.05, 3.63) is 48.0 Å². The Morgan fingerprint density at radius 1 is 1.41 bits per heavy atom. The molecule has 0 amide bonds.